The summed E-state index contributed by atoms with van der Waals surface area (Å²) in [6.45, 7) is 0.884. The number of hydrogen-bond acceptors (Lipinski definition) is 5. The zero-order valence-corrected chi connectivity index (χ0v) is 17.4. The summed E-state index contributed by atoms with van der Waals surface area (Å²) in [6.07, 6.45) is 5.72. The first-order valence-electron chi connectivity index (χ1n) is 10.1. The highest BCUT2D eigenvalue weighted by atomic mass is 19.1. The highest BCUT2D eigenvalue weighted by Gasteiger charge is 2.45. The lowest BCUT2D eigenvalue weighted by molar-refractivity contribution is -0.139. The number of likely N-dealkylation sites (tertiary alicyclic amines) is 1. The van der Waals surface area contributed by atoms with Crippen LogP contribution in [0.5, 0.6) is 5.75 Å². The van der Waals surface area contributed by atoms with E-state index in [-0.39, 0.29) is 17.9 Å². The number of hydrogen-bond donors (Lipinski definition) is 1. The maximum absolute atomic E-state index is 13.6. The molecule has 0 radical (unpaired) electrons. The predicted octanol–water partition coefficient (Wildman–Crippen LogP) is 3.54. The number of aromatic nitrogens is 2. The van der Waals surface area contributed by atoms with Gasteiger partial charge in [-0.25, -0.2) is 9.37 Å². The molecule has 1 amide bonds. The van der Waals surface area contributed by atoms with Crippen molar-refractivity contribution >= 4 is 17.4 Å². The second kappa shape index (κ2) is 9.05. The molecule has 7 nitrogen and oxygen atoms in total. The predicted molar refractivity (Wildman–Crippen MR) is 115 cm³/mol. The summed E-state index contributed by atoms with van der Waals surface area (Å²) >= 11 is 0. The smallest absolute Gasteiger partial charge is 0.295 e. The summed E-state index contributed by atoms with van der Waals surface area (Å²) < 4.78 is 20.6. The Balaban J connectivity index is 1.73. The van der Waals surface area contributed by atoms with E-state index in [0.717, 1.165) is 0 Å². The van der Waals surface area contributed by atoms with Crippen LogP contribution in [0.15, 0.2) is 72.8 Å². The number of aliphatic hydroxyl groups is 1. The van der Waals surface area contributed by atoms with Crippen LogP contribution >= 0.6 is 0 Å². The number of halogens is 1. The van der Waals surface area contributed by atoms with Gasteiger partial charge in [-0.15, -0.1) is 0 Å². The quantitative estimate of drug-likeness (QED) is 0.349. The van der Waals surface area contributed by atoms with Gasteiger partial charge in [0.05, 0.1) is 25.1 Å². The van der Waals surface area contributed by atoms with Crippen LogP contribution in [0.2, 0.25) is 0 Å². The molecule has 8 heteroatoms. The van der Waals surface area contributed by atoms with Crippen molar-refractivity contribution in [1.82, 2.24) is 14.5 Å². The third-order valence-corrected chi connectivity index (χ3v) is 5.44. The monoisotopic (exact) mass is 435 g/mol. The molecule has 0 aliphatic carbocycles. The molecular weight excluding hydrogens is 413 g/mol. The summed E-state index contributed by atoms with van der Waals surface area (Å²) in [4.78, 5) is 31.4. The number of methoxy groups -OCH3 is 1. The average molecular weight is 435 g/mol. The number of aryl methyl sites for hydroxylation is 1. The number of Topliss-reactive ketones (excluding diaryl/α,β-unsaturated/α-hetero) is 1. The Hall–Kier alpha value is -3.94. The average Bonchev–Trinajstić information content (AvgIpc) is 3.41. The van der Waals surface area contributed by atoms with Gasteiger partial charge in [-0.2, -0.15) is 0 Å². The number of carbonyl (C=O) groups excluding carboxylic acids is 2. The first kappa shape index (κ1) is 21.3. The van der Waals surface area contributed by atoms with Gasteiger partial charge in [0.25, 0.3) is 11.7 Å². The van der Waals surface area contributed by atoms with Gasteiger partial charge in [0.15, 0.2) is 0 Å². The van der Waals surface area contributed by atoms with E-state index < -0.39 is 23.5 Å². The fourth-order valence-electron chi connectivity index (χ4n) is 3.87. The van der Waals surface area contributed by atoms with Gasteiger partial charge >= 0.3 is 0 Å². The summed E-state index contributed by atoms with van der Waals surface area (Å²) in [6, 6.07) is 11.4. The van der Waals surface area contributed by atoms with Crippen molar-refractivity contribution < 1.29 is 23.8 Å². The summed E-state index contributed by atoms with van der Waals surface area (Å²) in [5.41, 5.74) is 0.864. The normalized spacial score (nSPS) is 17.7. The van der Waals surface area contributed by atoms with Crippen molar-refractivity contribution in [2.75, 3.05) is 13.7 Å². The van der Waals surface area contributed by atoms with Gasteiger partial charge in [0, 0.05) is 31.0 Å². The van der Waals surface area contributed by atoms with Crippen LogP contribution in [0.4, 0.5) is 4.39 Å². The van der Waals surface area contributed by atoms with Gasteiger partial charge in [0.1, 0.15) is 17.3 Å². The van der Waals surface area contributed by atoms with Gasteiger partial charge in [-0.05, 0) is 36.2 Å². The molecule has 0 spiro atoms. The maximum Gasteiger partial charge on any atom is 0.295 e. The highest BCUT2D eigenvalue weighted by molar-refractivity contribution is 6.46. The minimum atomic E-state index is -0.829. The molecule has 2 heterocycles. The number of rotatable bonds is 7. The Morgan fingerprint density at radius 2 is 1.94 bits per heavy atom. The van der Waals surface area contributed by atoms with Crippen LogP contribution in [0.3, 0.4) is 0 Å². The van der Waals surface area contributed by atoms with Gasteiger partial charge in [-0.3, -0.25) is 9.59 Å². The topological polar surface area (TPSA) is 84.7 Å². The third-order valence-electron chi connectivity index (χ3n) is 5.44. The van der Waals surface area contributed by atoms with E-state index in [4.69, 9.17) is 4.74 Å². The van der Waals surface area contributed by atoms with Gasteiger partial charge in [0.2, 0.25) is 0 Å². The van der Waals surface area contributed by atoms with Crippen molar-refractivity contribution in [3.63, 3.8) is 0 Å². The molecule has 1 aromatic heterocycles. The summed E-state index contributed by atoms with van der Waals surface area (Å²) in [5.74, 6) is -1.70. The second-order valence-electron chi connectivity index (χ2n) is 7.43. The third kappa shape index (κ3) is 4.12. The minimum Gasteiger partial charge on any atom is -0.507 e. The number of ketones is 1. The zero-order chi connectivity index (χ0) is 22.7. The molecule has 1 saturated heterocycles. The van der Waals surface area contributed by atoms with E-state index >= 15 is 0 Å². The van der Waals surface area contributed by atoms with Crippen molar-refractivity contribution in [3.05, 3.63) is 89.8 Å². The number of carbonyl (C=O) groups is 2. The molecule has 3 aromatic rings. The van der Waals surface area contributed by atoms with E-state index in [2.05, 4.69) is 4.98 Å². The number of ether oxygens (including phenoxy) is 1. The van der Waals surface area contributed by atoms with Crippen LogP contribution in [0, 0.1) is 5.82 Å². The lowest BCUT2D eigenvalue weighted by Crippen LogP contribution is -2.31. The van der Waals surface area contributed by atoms with Crippen LogP contribution in [-0.2, 0) is 16.1 Å². The first-order chi connectivity index (χ1) is 15.5. The van der Waals surface area contributed by atoms with E-state index in [1.807, 2.05) is 10.8 Å². The number of nitrogens with zero attached hydrogens (tertiary/aromatic N) is 3. The SMILES string of the molecule is COc1cccc(C(O)=C2C(=O)C(=O)N(CCCn3ccnc3)C2c2ccc(F)cc2)c1. The van der Waals surface area contributed by atoms with Crippen LogP contribution < -0.4 is 4.74 Å². The van der Waals surface area contributed by atoms with E-state index in [0.29, 0.717) is 29.8 Å². The summed E-state index contributed by atoms with van der Waals surface area (Å²) in [5, 5.41) is 11.0. The summed E-state index contributed by atoms with van der Waals surface area (Å²) in [7, 11) is 1.50. The Kier molecular flexibility index (Phi) is 6.02. The van der Waals surface area contributed by atoms with Crippen molar-refractivity contribution in [3.8, 4) is 5.75 Å². The molecule has 1 atom stereocenters. The molecular formula is C24H22FN3O4. The molecule has 1 unspecified atom stereocenters. The molecule has 2 aromatic carbocycles. The molecule has 32 heavy (non-hydrogen) atoms. The van der Waals surface area contributed by atoms with Crippen LogP contribution in [0.1, 0.15) is 23.6 Å². The molecule has 1 fully saturated rings. The Morgan fingerprint density at radius 1 is 1.16 bits per heavy atom. The van der Waals surface area contributed by atoms with Crippen molar-refractivity contribution in [1.29, 1.82) is 0 Å². The highest BCUT2D eigenvalue weighted by Crippen LogP contribution is 2.39. The first-order valence-corrected chi connectivity index (χ1v) is 10.1. The van der Waals surface area contributed by atoms with Crippen LogP contribution in [-0.4, -0.2) is 44.9 Å². The molecule has 1 aliphatic heterocycles. The molecule has 1 N–H and O–H groups in total. The largest absolute Gasteiger partial charge is 0.507 e. The number of benzene rings is 2. The van der Waals surface area contributed by atoms with E-state index in [1.54, 1.807) is 36.8 Å². The van der Waals surface area contributed by atoms with Crippen molar-refractivity contribution in [2.45, 2.75) is 19.0 Å². The fraction of sp³-hybridized carbons (Fsp3) is 0.208. The Labute approximate surface area is 184 Å². The Morgan fingerprint density at radius 3 is 2.62 bits per heavy atom. The number of amides is 1. The van der Waals surface area contributed by atoms with Crippen molar-refractivity contribution in [2.24, 2.45) is 0 Å². The maximum atomic E-state index is 13.6. The van der Waals surface area contributed by atoms with Gasteiger partial charge < -0.3 is 19.3 Å². The van der Waals surface area contributed by atoms with E-state index in [1.165, 1.54) is 36.3 Å². The molecule has 1 aliphatic rings. The fourth-order valence-corrected chi connectivity index (χ4v) is 3.87. The second-order valence-corrected chi connectivity index (χ2v) is 7.43. The standard InChI is InChI=1S/C24H22FN3O4/c1-32-19-5-2-4-17(14-19)22(29)20-21(16-6-8-18(25)9-7-16)28(24(31)23(20)30)12-3-11-27-13-10-26-15-27/h2,4-10,13-15,21,29H,3,11-12H2,1H3. The van der Waals surface area contributed by atoms with Crippen LogP contribution in [0.25, 0.3) is 5.76 Å². The Bertz CT molecular complexity index is 1160. The van der Waals surface area contributed by atoms with Gasteiger partial charge in [-0.1, -0.05) is 24.3 Å². The number of imidazole rings is 1. The zero-order valence-electron chi connectivity index (χ0n) is 17.4. The molecule has 4 rings (SSSR count). The van der Waals surface area contributed by atoms with E-state index in [9.17, 15) is 19.1 Å². The lowest BCUT2D eigenvalue weighted by atomic mass is 9.95. The molecule has 0 bridgehead atoms. The molecule has 164 valence electrons. The minimum absolute atomic E-state index is 0.0301. The lowest BCUT2D eigenvalue weighted by Gasteiger charge is -2.25. The molecule has 0 saturated carbocycles. The number of aliphatic hydroxyl groups excluding tert-OH is 1.